The van der Waals surface area contributed by atoms with Gasteiger partial charge >= 0.3 is 0 Å². The Kier molecular flexibility index (Phi) is 2.71. The van der Waals surface area contributed by atoms with Crippen LogP contribution < -0.4 is 5.32 Å². The fourth-order valence-corrected chi connectivity index (χ4v) is 3.44. The summed E-state index contributed by atoms with van der Waals surface area (Å²) in [6.07, 6.45) is 0.806. The van der Waals surface area contributed by atoms with Crippen LogP contribution in [0.5, 0.6) is 0 Å². The van der Waals surface area contributed by atoms with Crippen molar-refractivity contribution in [2.24, 2.45) is 0 Å². The second-order valence-corrected chi connectivity index (χ2v) is 6.17. The van der Waals surface area contributed by atoms with Gasteiger partial charge in [0.1, 0.15) is 0 Å². The lowest BCUT2D eigenvalue weighted by Crippen LogP contribution is -2.13. The number of thiophene rings is 1. The van der Waals surface area contributed by atoms with Crippen LogP contribution in [0.25, 0.3) is 0 Å². The summed E-state index contributed by atoms with van der Waals surface area (Å²) in [6.45, 7) is 4.14. The van der Waals surface area contributed by atoms with E-state index < -0.39 is 0 Å². The van der Waals surface area contributed by atoms with E-state index in [2.05, 4.69) is 30.4 Å². The zero-order valence-corrected chi connectivity index (χ0v) is 11.3. The van der Waals surface area contributed by atoms with Gasteiger partial charge in [-0.1, -0.05) is 18.2 Å². The van der Waals surface area contributed by atoms with Gasteiger partial charge in [-0.25, -0.2) is 0 Å². The third kappa shape index (κ3) is 1.85. The van der Waals surface area contributed by atoms with Crippen LogP contribution in [0.15, 0.2) is 30.3 Å². The van der Waals surface area contributed by atoms with Crippen molar-refractivity contribution in [3.8, 4) is 0 Å². The van der Waals surface area contributed by atoms with E-state index in [9.17, 15) is 4.79 Å². The van der Waals surface area contributed by atoms with Crippen LogP contribution in [0.1, 0.15) is 26.8 Å². The summed E-state index contributed by atoms with van der Waals surface area (Å²) in [5, 5.41) is 3.01. The number of carbonyl (C=O) groups is 1. The van der Waals surface area contributed by atoms with Gasteiger partial charge in [-0.2, -0.15) is 0 Å². The van der Waals surface area contributed by atoms with Crippen molar-refractivity contribution in [1.82, 2.24) is 0 Å². The molecule has 1 atom stereocenters. The second kappa shape index (κ2) is 4.25. The van der Waals surface area contributed by atoms with Crippen molar-refractivity contribution in [2.45, 2.75) is 26.2 Å². The first-order valence-electron chi connectivity index (χ1n) is 6.11. The van der Waals surface area contributed by atoms with E-state index in [1.807, 2.05) is 19.1 Å². The van der Waals surface area contributed by atoms with Crippen LogP contribution in [0.3, 0.4) is 0 Å². The SMILES string of the molecule is Cc1ccc(C[C@@H]2C(=O)Nc3c(C)cccc32)s1. The standard InChI is InChI=1S/C15H15NOS/c1-9-4-3-5-12-13(15(17)16-14(9)12)8-11-7-6-10(2)18-11/h3-7,13H,8H2,1-2H3,(H,16,17)/t13-/m0/s1. The molecule has 0 aliphatic carbocycles. The molecule has 92 valence electrons. The summed E-state index contributed by atoms with van der Waals surface area (Å²) in [5.41, 5.74) is 3.30. The number of carbonyl (C=O) groups excluding carboxylic acids is 1. The van der Waals surface area contributed by atoms with Crippen LogP contribution in [0.2, 0.25) is 0 Å². The normalized spacial score (nSPS) is 17.7. The highest BCUT2D eigenvalue weighted by Gasteiger charge is 2.31. The molecule has 18 heavy (non-hydrogen) atoms. The number of amides is 1. The molecule has 1 aliphatic heterocycles. The van der Waals surface area contributed by atoms with Crippen molar-refractivity contribution in [1.29, 1.82) is 0 Å². The number of hydrogen-bond donors (Lipinski definition) is 1. The molecule has 0 spiro atoms. The first kappa shape index (κ1) is 11.5. The quantitative estimate of drug-likeness (QED) is 0.874. The van der Waals surface area contributed by atoms with Gasteiger partial charge < -0.3 is 5.32 Å². The van der Waals surface area contributed by atoms with Gasteiger partial charge in [0.25, 0.3) is 0 Å². The maximum atomic E-state index is 12.1. The molecule has 1 aromatic heterocycles. The summed E-state index contributed by atoms with van der Waals surface area (Å²) in [5.74, 6) is 0.100. The summed E-state index contributed by atoms with van der Waals surface area (Å²) in [7, 11) is 0. The minimum Gasteiger partial charge on any atom is -0.325 e. The number of para-hydroxylation sites is 1. The average molecular weight is 257 g/mol. The molecule has 2 nitrogen and oxygen atoms in total. The van der Waals surface area contributed by atoms with E-state index in [0.29, 0.717) is 0 Å². The van der Waals surface area contributed by atoms with Crippen LogP contribution in [0.4, 0.5) is 5.69 Å². The molecule has 1 aromatic carbocycles. The molecular weight excluding hydrogens is 242 g/mol. The van der Waals surface area contributed by atoms with Gasteiger partial charge in [-0.3, -0.25) is 4.79 Å². The van der Waals surface area contributed by atoms with Crippen LogP contribution in [-0.4, -0.2) is 5.91 Å². The van der Waals surface area contributed by atoms with Gasteiger partial charge in [-0.05, 0) is 43.5 Å². The molecule has 1 N–H and O–H groups in total. The van der Waals surface area contributed by atoms with E-state index in [1.165, 1.54) is 9.75 Å². The van der Waals surface area contributed by atoms with Crippen LogP contribution >= 0.6 is 11.3 Å². The molecule has 2 aromatic rings. The van der Waals surface area contributed by atoms with Crippen molar-refractivity contribution in [2.75, 3.05) is 5.32 Å². The molecule has 0 radical (unpaired) electrons. The largest absolute Gasteiger partial charge is 0.325 e. The topological polar surface area (TPSA) is 29.1 Å². The van der Waals surface area contributed by atoms with E-state index >= 15 is 0 Å². The number of benzene rings is 1. The predicted molar refractivity (Wildman–Crippen MR) is 75.3 cm³/mol. The third-order valence-corrected chi connectivity index (χ3v) is 4.47. The van der Waals surface area contributed by atoms with Crippen molar-refractivity contribution in [3.05, 3.63) is 51.2 Å². The molecule has 0 saturated carbocycles. The van der Waals surface area contributed by atoms with Gasteiger partial charge in [0.05, 0.1) is 5.92 Å². The number of rotatable bonds is 2. The summed E-state index contributed by atoms with van der Waals surface area (Å²) < 4.78 is 0. The van der Waals surface area contributed by atoms with Gasteiger partial charge in [0, 0.05) is 15.4 Å². The van der Waals surface area contributed by atoms with E-state index in [1.54, 1.807) is 11.3 Å². The van der Waals surface area contributed by atoms with Gasteiger partial charge in [0.15, 0.2) is 0 Å². The van der Waals surface area contributed by atoms with Gasteiger partial charge in [0.2, 0.25) is 5.91 Å². The first-order chi connectivity index (χ1) is 8.65. The molecule has 0 saturated heterocycles. The number of aryl methyl sites for hydroxylation is 2. The molecule has 0 bridgehead atoms. The van der Waals surface area contributed by atoms with Crippen LogP contribution in [0, 0.1) is 13.8 Å². The van der Waals surface area contributed by atoms with E-state index in [4.69, 9.17) is 0 Å². The van der Waals surface area contributed by atoms with E-state index in [0.717, 1.165) is 23.2 Å². The summed E-state index contributed by atoms with van der Waals surface area (Å²) in [6, 6.07) is 10.4. The Morgan fingerprint density at radius 3 is 2.78 bits per heavy atom. The zero-order chi connectivity index (χ0) is 12.7. The zero-order valence-electron chi connectivity index (χ0n) is 10.5. The number of fused-ring (bicyclic) bond motifs is 1. The molecule has 0 unspecified atom stereocenters. The second-order valence-electron chi connectivity index (χ2n) is 4.80. The molecular formula is C15H15NOS. The van der Waals surface area contributed by atoms with E-state index in [-0.39, 0.29) is 11.8 Å². The fraction of sp³-hybridized carbons (Fsp3) is 0.267. The first-order valence-corrected chi connectivity index (χ1v) is 6.92. The molecule has 3 rings (SSSR count). The highest BCUT2D eigenvalue weighted by Crippen LogP contribution is 2.37. The maximum Gasteiger partial charge on any atom is 0.232 e. The van der Waals surface area contributed by atoms with Crippen molar-refractivity contribution < 1.29 is 4.79 Å². The minimum atomic E-state index is -0.0297. The smallest absolute Gasteiger partial charge is 0.232 e. The molecule has 1 aliphatic rings. The van der Waals surface area contributed by atoms with Crippen LogP contribution in [-0.2, 0) is 11.2 Å². The molecule has 3 heteroatoms. The van der Waals surface area contributed by atoms with Gasteiger partial charge in [-0.15, -0.1) is 11.3 Å². The molecule has 1 amide bonds. The third-order valence-electron chi connectivity index (χ3n) is 3.45. The Labute approximate surface area is 111 Å². The highest BCUT2D eigenvalue weighted by atomic mass is 32.1. The number of anilines is 1. The maximum absolute atomic E-state index is 12.1. The lowest BCUT2D eigenvalue weighted by atomic mass is 9.95. The highest BCUT2D eigenvalue weighted by molar-refractivity contribution is 7.11. The summed E-state index contributed by atoms with van der Waals surface area (Å²) >= 11 is 1.78. The fourth-order valence-electron chi connectivity index (χ4n) is 2.50. The Hall–Kier alpha value is -1.61. The Morgan fingerprint density at radius 2 is 2.06 bits per heavy atom. The Bertz CT molecular complexity index is 615. The number of hydrogen-bond acceptors (Lipinski definition) is 2. The molecule has 0 fully saturated rings. The lowest BCUT2D eigenvalue weighted by molar-refractivity contribution is -0.117. The molecule has 2 heterocycles. The Morgan fingerprint density at radius 1 is 1.22 bits per heavy atom. The summed E-state index contributed by atoms with van der Waals surface area (Å²) in [4.78, 5) is 14.7. The minimum absolute atomic E-state index is 0.0297. The Balaban J connectivity index is 1.95. The monoisotopic (exact) mass is 257 g/mol. The number of nitrogens with one attached hydrogen (secondary N) is 1. The lowest BCUT2D eigenvalue weighted by Gasteiger charge is -2.07. The average Bonchev–Trinajstić information content (AvgIpc) is 2.87. The van der Waals surface area contributed by atoms with Crippen molar-refractivity contribution in [3.63, 3.8) is 0 Å². The van der Waals surface area contributed by atoms with Crippen molar-refractivity contribution >= 4 is 22.9 Å². The predicted octanol–water partition coefficient (Wildman–Crippen LogP) is 3.64.